The van der Waals surface area contributed by atoms with Gasteiger partial charge in [0.05, 0.1) is 0 Å². The summed E-state index contributed by atoms with van der Waals surface area (Å²) < 4.78 is 10.7. The van der Waals surface area contributed by atoms with Gasteiger partial charge in [-0.3, -0.25) is 10.6 Å². The number of alkyl carbamates (subject to hydrolysis) is 2. The summed E-state index contributed by atoms with van der Waals surface area (Å²) in [7, 11) is 0. The average molecular weight is 350 g/mol. The van der Waals surface area contributed by atoms with Crippen molar-refractivity contribution in [3.05, 3.63) is 35.9 Å². The molecule has 0 saturated heterocycles. The number of hydrogen-bond donors (Lipinski definition) is 2. The SMILES string of the molecule is CCC(NC(=O)OC(C)(C)C)(NC(=O)OC(C)(C)C)c1ccccc1. The van der Waals surface area contributed by atoms with E-state index in [2.05, 4.69) is 10.6 Å². The molecule has 6 nitrogen and oxygen atoms in total. The van der Waals surface area contributed by atoms with Gasteiger partial charge in [-0.25, -0.2) is 9.59 Å². The van der Waals surface area contributed by atoms with Crippen molar-refractivity contribution in [3.8, 4) is 0 Å². The van der Waals surface area contributed by atoms with E-state index >= 15 is 0 Å². The quantitative estimate of drug-likeness (QED) is 0.794. The van der Waals surface area contributed by atoms with Crippen LogP contribution in [0.5, 0.6) is 0 Å². The van der Waals surface area contributed by atoms with Crippen LogP contribution in [0.4, 0.5) is 9.59 Å². The first kappa shape index (κ1) is 20.8. The Kier molecular flexibility index (Phi) is 6.46. The fraction of sp³-hybridized carbons (Fsp3) is 0.579. The van der Waals surface area contributed by atoms with Gasteiger partial charge in [0.25, 0.3) is 0 Å². The lowest BCUT2D eigenvalue weighted by Gasteiger charge is -2.36. The topological polar surface area (TPSA) is 76.7 Å². The van der Waals surface area contributed by atoms with Crippen LogP contribution < -0.4 is 10.6 Å². The van der Waals surface area contributed by atoms with E-state index in [1.807, 2.05) is 37.3 Å². The molecule has 0 saturated carbocycles. The molecule has 0 spiro atoms. The summed E-state index contributed by atoms with van der Waals surface area (Å²) in [5.41, 5.74) is -1.70. The zero-order valence-electron chi connectivity index (χ0n) is 16.2. The number of carbonyl (C=O) groups is 2. The first-order valence-corrected chi connectivity index (χ1v) is 8.45. The third kappa shape index (κ3) is 7.03. The standard InChI is InChI=1S/C19H30N2O4/c1-8-19(14-12-10-9-11-13-14,20-15(22)24-17(2,3)4)21-16(23)25-18(5,6)7/h9-13H,8H2,1-7H3,(H,20,22)(H,21,23). The van der Waals surface area contributed by atoms with E-state index in [-0.39, 0.29) is 0 Å². The molecule has 25 heavy (non-hydrogen) atoms. The minimum atomic E-state index is -1.13. The van der Waals surface area contributed by atoms with E-state index < -0.39 is 29.1 Å². The highest BCUT2D eigenvalue weighted by molar-refractivity contribution is 5.73. The molecular formula is C19H30N2O4. The number of rotatable bonds is 4. The summed E-state index contributed by atoms with van der Waals surface area (Å²) in [6, 6.07) is 9.21. The average Bonchev–Trinajstić information content (AvgIpc) is 2.43. The summed E-state index contributed by atoms with van der Waals surface area (Å²) in [6.07, 6.45) is -0.821. The summed E-state index contributed by atoms with van der Waals surface area (Å²) in [6.45, 7) is 12.6. The molecule has 0 fully saturated rings. The Balaban J connectivity index is 3.12. The monoisotopic (exact) mass is 350 g/mol. The molecule has 6 heteroatoms. The Bertz CT molecular complexity index is 556. The van der Waals surface area contributed by atoms with Gasteiger partial charge in [-0.15, -0.1) is 0 Å². The predicted molar refractivity (Wildman–Crippen MR) is 97.2 cm³/mol. The second kappa shape index (κ2) is 7.76. The summed E-state index contributed by atoms with van der Waals surface area (Å²) in [5.74, 6) is 0. The van der Waals surface area contributed by atoms with Crippen LogP contribution in [-0.4, -0.2) is 23.4 Å². The molecule has 1 aromatic rings. The lowest BCUT2D eigenvalue weighted by atomic mass is 9.96. The molecular weight excluding hydrogens is 320 g/mol. The van der Waals surface area contributed by atoms with Crippen LogP contribution in [0.2, 0.25) is 0 Å². The highest BCUT2D eigenvalue weighted by atomic mass is 16.6. The molecule has 140 valence electrons. The van der Waals surface area contributed by atoms with Crippen LogP contribution in [-0.2, 0) is 15.1 Å². The minimum absolute atomic E-state index is 0.412. The Hall–Kier alpha value is -2.24. The Morgan fingerprint density at radius 1 is 0.840 bits per heavy atom. The van der Waals surface area contributed by atoms with Gasteiger partial charge >= 0.3 is 12.2 Å². The molecule has 0 heterocycles. The lowest BCUT2D eigenvalue weighted by molar-refractivity contribution is 0.0310. The smallest absolute Gasteiger partial charge is 0.409 e. The Morgan fingerprint density at radius 2 is 1.24 bits per heavy atom. The van der Waals surface area contributed by atoms with E-state index in [0.29, 0.717) is 6.42 Å². The number of hydrogen-bond acceptors (Lipinski definition) is 4. The zero-order valence-corrected chi connectivity index (χ0v) is 16.2. The van der Waals surface area contributed by atoms with Crippen LogP contribution in [0, 0.1) is 0 Å². The summed E-state index contributed by atoms with van der Waals surface area (Å²) in [4.78, 5) is 24.7. The Labute approximate surface area is 150 Å². The fourth-order valence-corrected chi connectivity index (χ4v) is 2.23. The second-order valence-electron chi connectivity index (χ2n) is 7.88. The van der Waals surface area contributed by atoms with E-state index in [1.165, 1.54) is 0 Å². The van der Waals surface area contributed by atoms with Crippen molar-refractivity contribution in [3.63, 3.8) is 0 Å². The molecule has 0 bridgehead atoms. The van der Waals surface area contributed by atoms with Gasteiger partial charge in [-0.1, -0.05) is 37.3 Å². The zero-order chi connectivity index (χ0) is 19.3. The van der Waals surface area contributed by atoms with Gasteiger partial charge in [0, 0.05) is 0 Å². The summed E-state index contributed by atoms with van der Waals surface area (Å²) >= 11 is 0. The molecule has 0 radical (unpaired) electrons. The van der Waals surface area contributed by atoms with Crippen molar-refractivity contribution in [2.75, 3.05) is 0 Å². The second-order valence-corrected chi connectivity index (χ2v) is 7.88. The Morgan fingerprint density at radius 3 is 1.56 bits per heavy atom. The molecule has 0 aliphatic rings. The molecule has 1 rings (SSSR count). The molecule has 0 unspecified atom stereocenters. The van der Waals surface area contributed by atoms with Crippen LogP contribution >= 0.6 is 0 Å². The van der Waals surface area contributed by atoms with E-state index in [9.17, 15) is 9.59 Å². The molecule has 1 aromatic carbocycles. The number of benzene rings is 1. The maximum Gasteiger partial charge on any atom is 0.409 e. The van der Waals surface area contributed by atoms with Crippen molar-refractivity contribution in [2.45, 2.75) is 71.8 Å². The van der Waals surface area contributed by atoms with E-state index in [0.717, 1.165) is 5.56 Å². The summed E-state index contributed by atoms with van der Waals surface area (Å²) in [5, 5.41) is 5.59. The minimum Gasteiger partial charge on any atom is -0.444 e. The maximum absolute atomic E-state index is 12.3. The third-order valence-corrected chi connectivity index (χ3v) is 3.23. The highest BCUT2D eigenvalue weighted by Gasteiger charge is 2.36. The van der Waals surface area contributed by atoms with Gasteiger partial charge in [0.2, 0.25) is 0 Å². The molecule has 0 aromatic heterocycles. The van der Waals surface area contributed by atoms with Crippen molar-refractivity contribution < 1.29 is 19.1 Å². The largest absolute Gasteiger partial charge is 0.444 e. The normalized spacial score (nSPS) is 12.3. The third-order valence-electron chi connectivity index (χ3n) is 3.23. The van der Waals surface area contributed by atoms with Crippen LogP contribution in [0.15, 0.2) is 30.3 Å². The van der Waals surface area contributed by atoms with Crippen molar-refractivity contribution in [1.82, 2.24) is 10.6 Å². The highest BCUT2D eigenvalue weighted by Crippen LogP contribution is 2.24. The van der Waals surface area contributed by atoms with Gasteiger partial charge < -0.3 is 9.47 Å². The maximum atomic E-state index is 12.3. The molecule has 0 aliphatic carbocycles. The first-order chi connectivity index (χ1) is 11.4. The van der Waals surface area contributed by atoms with Gasteiger partial charge in [0.15, 0.2) is 0 Å². The fourth-order valence-electron chi connectivity index (χ4n) is 2.23. The van der Waals surface area contributed by atoms with Crippen LogP contribution in [0.25, 0.3) is 0 Å². The van der Waals surface area contributed by atoms with E-state index in [4.69, 9.17) is 9.47 Å². The van der Waals surface area contributed by atoms with Gasteiger partial charge in [-0.2, -0.15) is 0 Å². The number of carbonyl (C=O) groups excluding carboxylic acids is 2. The molecule has 2 N–H and O–H groups in total. The van der Waals surface area contributed by atoms with Crippen molar-refractivity contribution in [1.29, 1.82) is 0 Å². The van der Waals surface area contributed by atoms with Crippen LogP contribution in [0.1, 0.15) is 60.5 Å². The number of nitrogens with one attached hydrogen (secondary N) is 2. The van der Waals surface area contributed by atoms with Crippen LogP contribution in [0.3, 0.4) is 0 Å². The first-order valence-electron chi connectivity index (χ1n) is 8.45. The number of ether oxygens (including phenoxy) is 2. The molecule has 0 atom stereocenters. The molecule has 2 amide bonds. The molecule has 0 aliphatic heterocycles. The number of amides is 2. The predicted octanol–water partition coefficient (Wildman–Crippen LogP) is 4.30. The van der Waals surface area contributed by atoms with E-state index in [1.54, 1.807) is 41.5 Å². The van der Waals surface area contributed by atoms with Crippen molar-refractivity contribution in [2.24, 2.45) is 0 Å². The van der Waals surface area contributed by atoms with Gasteiger partial charge in [0.1, 0.15) is 16.9 Å². The van der Waals surface area contributed by atoms with Crippen molar-refractivity contribution >= 4 is 12.2 Å². The lowest BCUT2D eigenvalue weighted by Crippen LogP contribution is -2.59. The van der Waals surface area contributed by atoms with Gasteiger partial charge in [-0.05, 0) is 53.5 Å².